The van der Waals surface area contributed by atoms with Crippen molar-refractivity contribution in [3.8, 4) is 0 Å². The number of ether oxygens (including phenoxy) is 1. The summed E-state index contributed by atoms with van der Waals surface area (Å²) in [6, 6.07) is 1.88. The van der Waals surface area contributed by atoms with Crippen molar-refractivity contribution in [3.05, 3.63) is 29.3 Å². The first-order chi connectivity index (χ1) is 8.81. The molecule has 3 N–H and O–H groups in total. The molecular formula is C11H16F2N2O3S. The van der Waals surface area contributed by atoms with Crippen LogP contribution >= 0.6 is 0 Å². The number of hydrogen-bond donors (Lipinski definition) is 2. The fraction of sp³-hybridized carbons (Fsp3) is 0.455. The van der Waals surface area contributed by atoms with E-state index in [0.717, 1.165) is 12.1 Å². The van der Waals surface area contributed by atoms with E-state index in [1.807, 2.05) is 0 Å². The molecule has 0 spiro atoms. The minimum Gasteiger partial charge on any atom is -0.380 e. The molecule has 108 valence electrons. The van der Waals surface area contributed by atoms with Crippen LogP contribution in [0.3, 0.4) is 0 Å². The highest BCUT2D eigenvalue weighted by molar-refractivity contribution is 7.89. The van der Waals surface area contributed by atoms with E-state index in [1.165, 1.54) is 7.11 Å². The summed E-state index contributed by atoms with van der Waals surface area (Å²) in [7, 11) is -2.74. The highest BCUT2D eigenvalue weighted by atomic mass is 32.2. The number of halogens is 2. The maximum absolute atomic E-state index is 13.6. The highest BCUT2D eigenvalue weighted by Crippen LogP contribution is 2.19. The summed E-state index contributed by atoms with van der Waals surface area (Å²) in [5.74, 6) is -2.67. The number of methoxy groups -OCH3 is 1. The summed E-state index contributed by atoms with van der Waals surface area (Å²) in [5.41, 5.74) is 5.49. The Morgan fingerprint density at radius 3 is 2.58 bits per heavy atom. The zero-order valence-electron chi connectivity index (χ0n) is 10.6. The Bertz CT molecular complexity index is 549. The molecule has 0 aromatic heterocycles. The first kappa shape index (κ1) is 16.0. The summed E-state index contributed by atoms with van der Waals surface area (Å²) in [6.45, 7) is 1.50. The topological polar surface area (TPSA) is 81.4 Å². The number of rotatable bonds is 6. The molecule has 0 saturated carbocycles. The van der Waals surface area contributed by atoms with Crippen LogP contribution in [0.4, 0.5) is 8.78 Å². The smallest absolute Gasteiger partial charge is 0.243 e. The lowest BCUT2D eigenvalue weighted by Crippen LogP contribution is -2.32. The number of benzene rings is 1. The van der Waals surface area contributed by atoms with Crippen molar-refractivity contribution in [2.45, 2.75) is 24.5 Å². The molecule has 1 atom stereocenters. The zero-order valence-corrected chi connectivity index (χ0v) is 11.4. The summed E-state index contributed by atoms with van der Waals surface area (Å²) in [5, 5.41) is 0. The molecule has 1 aromatic rings. The second-order valence-corrected chi connectivity index (χ2v) is 5.73. The van der Waals surface area contributed by atoms with Crippen LogP contribution in [-0.2, 0) is 21.3 Å². The average Bonchev–Trinajstić information content (AvgIpc) is 2.38. The molecular weight excluding hydrogens is 278 g/mol. The Morgan fingerprint density at radius 2 is 2.05 bits per heavy atom. The molecule has 1 aromatic carbocycles. The van der Waals surface area contributed by atoms with Gasteiger partial charge in [0.25, 0.3) is 0 Å². The van der Waals surface area contributed by atoms with Crippen LogP contribution in [0.2, 0.25) is 0 Å². The summed E-state index contributed by atoms with van der Waals surface area (Å²) in [6.07, 6.45) is -0.389. The number of sulfonamides is 1. The average molecular weight is 294 g/mol. The molecule has 0 bridgehead atoms. The maximum atomic E-state index is 13.6. The van der Waals surface area contributed by atoms with Crippen molar-refractivity contribution in [1.29, 1.82) is 0 Å². The third-order valence-corrected chi connectivity index (χ3v) is 3.97. The van der Waals surface area contributed by atoms with Crippen LogP contribution in [0, 0.1) is 11.6 Å². The lowest BCUT2D eigenvalue weighted by Gasteiger charge is -2.12. The minimum atomic E-state index is -4.15. The van der Waals surface area contributed by atoms with Crippen LogP contribution in [0.5, 0.6) is 0 Å². The van der Waals surface area contributed by atoms with Gasteiger partial charge in [-0.2, -0.15) is 0 Å². The Labute approximate surface area is 110 Å². The normalized spacial score (nSPS) is 13.5. The lowest BCUT2D eigenvalue weighted by atomic mass is 10.2. The predicted molar refractivity (Wildman–Crippen MR) is 65.9 cm³/mol. The van der Waals surface area contributed by atoms with E-state index < -0.39 is 26.6 Å². The number of nitrogens with one attached hydrogen (secondary N) is 1. The Kier molecular flexibility index (Phi) is 5.36. The van der Waals surface area contributed by atoms with E-state index in [1.54, 1.807) is 6.92 Å². The van der Waals surface area contributed by atoms with E-state index >= 15 is 0 Å². The van der Waals surface area contributed by atoms with Gasteiger partial charge in [0.1, 0.15) is 4.90 Å². The third-order valence-electron chi connectivity index (χ3n) is 2.54. The van der Waals surface area contributed by atoms with Gasteiger partial charge in [0.15, 0.2) is 11.6 Å². The molecule has 1 unspecified atom stereocenters. The van der Waals surface area contributed by atoms with Gasteiger partial charge in [-0.25, -0.2) is 21.9 Å². The Balaban J connectivity index is 3.10. The van der Waals surface area contributed by atoms with Gasteiger partial charge in [-0.3, -0.25) is 0 Å². The standard InChI is InChI=1S/C11H16F2N2O3S/c1-7(18-2)6-15-19(16,17)10-4-8(5-14)3-9(12)11(10)13/h3-4,7,15H,5-6,14H2,1-2H3. The fourth-order valence-corrected chi connectivity index (χ4v) is 2.57. The van der Waals surface area contributed by atoms with Gasteiger partial charge in [-0.05, 0) is 24.6 Å². The summed E-state index contributed by atoms with van der Waals surface area (Å²) < 4.78 is 57.6. The largest absolute Gasteiger partial charge is 0.380 e. The molecule has 0 aliphatic carbocycles. The van der Waals surface area contributed by atoms with Crippen LogP contribution in [0.1, 0.15) is 12.5 Å². The van der Waals surface area contributed by atoms with Gasteiger partial charge in [-0.1, -0.05) is 0 Å². The number of hydrogen-bond acceptors (Lipinski definition) is 4. The zero-order chi connectivity index (χ0) is 14.6. The van der Waals surface area contributed by atoms with Gasteiger partial charge in [0, 0.05) is 20.2 Å². The van der Waals surface area contributed by atoms with E-state index in [-0.39, 0.29) is 24.8 Å². The van der Waals surface area contributed by atoms with Crippen molar-refractivity contribution >= 4 is 10.0 Å². The third kappa shape index (κ3) is 3.93. The SMILES string of the molecule is COC(C)CNS(=O)(=O)c1cc(CN)cc(F)c1F. The van der Waals surface area contributed by atoms with Crippen LogP contribution in [0.25, 0.3) is 0 Å². The van der Waals surface area contributed by atoms with Crippen LogP contribution < -0.4 is 10.5 Å². The lowest BCUT2D eigenvalue weighted by molar-refractivity contribution is 0.122. The van der Waals surface area contributed by atoms with Crippen molar-refractivity contribution in [2.75, 3.05) is 13.7 Å². The molecule has 5 nitrogen and oxygen atoms in total. The predicted octanol–water partition coefficient (Wildman–Crippen LogP) is 0.737. The number of nitrogens with two attached hydrogens (primary N) is 1. The minimum absolute atomic E-state index is 0.0489. The van der Waals surface area contributed by atoms with E-state index in [9.17, 15) is 17.2 Å². The van der Waals surface area contributed by atoms with Crippen molar-refractivity contribution < 1.29 is 21.9 Å². The van der Waals surface area contributed by atoms with Crippen LogP contribution in [-0.4, -0.2) is 28.2 Å². The van der Waals surface area contributed by atoms with Crippen LogP contribution in [0.15, 0.2) is 17.0 Å². The van der Waals surface area contributed by atoms with Gasteiger partial charge in [0.05, 0.1) is 6.10 Å². The molecule has 0 amide bonds. The Morgan fingerprint density at radius 1 is 1.42 bits per heavy atom. The highest BCUT2D eigenvalue weighted by Gasteiger charge is 2.23. The quantitative estimate of drug-likeness (QED) is 0.810. The maximum Gasteiger partial charge on any atom is 0.243 e. The molecule has 0 aliphatic rings. The van der Waals surface area contributed by atoms with Gasteiger partial charge in [0.2, 0.25) is 10.0 Å². The molecule has 19 heavy (non-hydrogen) atoms. The first-order valence-electron chi connectivity index (χ1n) is 5.52. The molecule has 0 heterocycles. The molecule has 0 saturated heterocycles. The molecule has 0 aliphatic heterocycles. The fourth-order valence-electron chi connectivity index (χ4n) is 1.32. The molecule has 0 radical (unpaired) electrons. The van der Waals surface area contributed by atoms with Crippen molar-refractivity contribution in [2.24, 2.45) is 5.73 Å². The van der Waals surface area contributed by atoms with E-state index in [2.05, 4.69) is 4.72 Å². The van der Waals surface area contributed by atoms with E-state index in [0.29, 0.717) is 0 Å². The summed E-state index contributed by atoms with van der Waals surface area (Å²) in [4.78, 5) is -0.753. The summed E-state index contributed by atoms with van der Waals surface area (Å²) >= 11 is 0. The van der Waals surface area contributed by atoms with Gasteiger partial charge >= 0.3 is 0 Å². The van der Waals surface area contributed by atoms with Gasteiger partial charge in [-0.15, -0.1) is 0 Å². The second kappa shape index (κ2) is 6.38. The van der Waals surface area contributed by atoms with E-state index in [4.69, 9.17) is 10.5 Å². The first-order valence-corrected chi connectivity index (χ1v) is 7.00. The molecule has 8 heteroatoms. The molecule has 1 rings (SSSR count). The van der Waals surface area contributed by atoms with Gasteiger partial charge < -0.3 is 10.5 Å². The molecule has 0 fully saturated rings. The van der Waals surface area contributed by atoms with Crippen molar-refractivity contribution in [3.63, 3.8) is 0 Å². The second-order valence-electron chi connectivity index (χ2n) is 3.99. The van der Waals surface area contributed by atoms with Crippen molar-refractivity contribution in [1.82, 2.24) is 4.72 Å². The Hall–Kier alpha value is -1.09. The monoisotopic (exact) mass is 294 g/mol.